The second kappa shape index (κ2) is 7.12. The normalized spacial score (nSPS) is 10.6. The maximum Gasteiger partial charge on any atom is 0.339 e. The molecular formula is C17H14N4O6. The zero-order chi connectivity index (χ0) is 19.6. The van der Waals surface area contributed by atoms with Gasteiger partial charge in [-0.1, -0.05) is 12.1 Å². The lowest BCUT2D eigenvalue weighted by molar-refractivity contribution is -0.384. The minimum absolute atomic E-state index is 0.0498. The number of carbonyl (C=O) groups excluding carboxylic acids is 1. The Morgan fingerprint density at radius 3 is 2.59 bits per heavy atom. The van der Waals surface area contributed by atoms with Crippen molar-refractivity contribution in [2.75, 3.05) is 12.4 Å². The number of nitro groups is 1. The summed E-state index contributed by atoms with van der Waals surface area (Å²) in [6, 6.07) is 9.04. The quantitative estimate of drug-likeness (QED) is 0.267. The lowest BCUT2D eigenvalue weighted by atomic mass is 10.1. The highest BCUT2D eigenvalue weighted by Crippen LogP contribution is 2.23. The number of fused-ring (bicyclic) bond motifs is 1. The van der Waals surface area contributed by atoms with Crippen LogP contribution < -0.4 is 16.4 Å². The standard InChI is InChI=1S/C17H14N4O6/c1-27-17(24)11-4-2-3-5-12(11)18-8-9-6-10(21(25)26)7-13-14(9)20-16(23)15(22)19-13/h2-7,18H,8H2,1H3,(H,19,22)(H,20,23). The molecule has 27 heavy (non-hydrogen) atoms. The zero-order valence-electron chi connectivity index (χ0n) is 14.1. The van der Waals surface area contributed by atoms with Crippen molar-refractivity contribution in [2.45, 2.75) is 6.54 Å². The van der Waals surface area contributed by atoms with E-state index >= 15 is 0 Å². The van der Waals surface area contributed by atoms with Crippen LogP contribution in [0.2, 0.25) is 0 Å². The van der Waals surface area contributed by atoms with Gasteiger partial charge < -0.3 is 20.0 Å². The number of nitrogens with zero attached hydrogens (tertiary/aromatic N) is 1. The molecular weight excluding hydrogens is 356 g/mol. The van der Waals surface area contributed by atoms with Crippen molar-refractivity contribution in [3.05, 3.63) is 78.3 Å². The number of nitrogens with one attached hydrogen (secondary N) is 3. The molecule has 0 aliphatic heterocycles. The predicted octanol–water partition coefficient (Wildman–Crippen LogP) is 1.52. The van der Waals surface area contributed by atoms with Crippen LogP contribution in [-0.4, -0.2) is 28.0 Å². The third-order valence-electron chi connectivity index (χ3n) is 3.91. The topological polar surface area (TPSA) is 147 Å². The van der Waals surface area contributed by atoms with E-state index < -0.39 is 22.0 Å². The molecule has 1 heterocycles. The molecule has 0 amide bonds. The highest BCUT2D eigenvalue weighted by Gasteiger charge is 2.15. The number of benzene rings is 2. The minimum Gasteiger partial charge on any atom is -0.465 e. The number of aromatic nitrogens is 2. The Bertz CT molecular complexity index is 1160. The molecule has 0 fully saturated rings. The molecule has 138 valence electrons. The number of H-pyrrole nitrogens is 2. The Morgan fingerprint density at radius 2 is 1.89 bits per heavy atom. The summed E-state index contributed by atoms with van der Waals surface area (Å²) >= 11 is 0. The number of rotatable bonds is 5. The molecule has 0 bridgehead atoms. The summed E-state index contributed by atoms with van der Waals surface area (Å²) in [7, 11) is 1.26. The van der Waals surface area contributed by atoms with Gasteiger partial charge in [0.2, 0.25) is 0 Å². The molecule has 0 saturated heterocycles. The average molecular weight is 370 g/mol. The number of nitro benzene ring substituents is 1. The average Bonchev–Trinajstić information content (AvgIpc) is 2.66. The Hall–Kier alpha value is -3.95. The van der Waals surface area contributed by atoms with Crippen molar-refractivity contribution >= 4 is 28.4 Å². The fourth-order valence-electron chi connectivity index (χ4n) is 2.64. The molecule has 0 spiro atoms. The number of hydrogen-bond donors (Lipinski definition) is 3. The fourth-order valence-corrected chi connectivity index (χ4v) is 2.64. The first-order valence-corrected chi connectivity index (χ1v) is 7.75. The summed E-state index contributed by atoms with van der Waals surface area (Å²) in [6.07, 6.45) is 0. The van der Waals surface area contributed by atoms with Crippen LogP contribution in [0.4, 0.5) is 11.4 Å². The van der Waals surface area contributed by atoms with E-state index in [1.807, 2.05) is 0 Å². The van der Waals surface area contributed by atoms with Crippen LogP contribution in [0, 0.1) is 10.1 Å². The van der Waals surface area contributed by atoms with Gasteiger partial charge in [-0.05, 0) is 12.1 Å². The van der Waals surface area contributed by atoms with Gasteiger partial charge in [0.25, 0.3) is 5.69 Å². The maximum atomic E-state index is 11.8. The largest absolute Gasteiger partial charge is 0.465 e. The van der Waals surface area contributed by atoms with Crippen molar-refractivity contribution in [3.8, 4) is 0 Å². The van der Waals surface area contributed by atoms with Crippen LogP contribution in [-0.2, 0) is 11.3 Å². The number of aromatic amines is 2. The van der Waals surface area contributed by atoms with Gasteiger partial charge in [-0.25, -0.2) is 4.79 Å². The van der Waals surface area contributed by atoms with Gasteiger partial charge in [0.1, 0.15) is 0 Å². The van der Waals surface area contributed by atoms with E-state index in [4.69, 9.17) is 4.74 Å². The van der Waals surface area contributed by atoms with Gasteiger partial charge in [-0.15, -0.1) is 0 Å². The van der Waals surface area contributed by atoms with Crippen LogP contribution in [0.3, 0.4) is 0 Å². The van der Waals surface area contributed by atoms with Gasteiger partial charge >= 0.3 is 17.1 Å². The van der Waals surface area contributed by atoms with Crippen LogP contribution in [0.15, 0.2) is 46.0 Å². The van der Waals surface area contributed by atoms with Gasteiger partial charge in [-0.3, -0.25) is 19.7 Å². The first-order valence-electron chi connectivity index (χ1n) is 7.75. The molecule has 2 aromatic carbocycles. The van der Waals surface area contributed by atoms with Crippen molar-refractivity contribution in [3.63, 3.8) is 0 Å². The number of anilines is 1. The number of carbonyl (C=O) groups is 1. The molecule has 0 aliphatic carbocycles. The fraction of sp³-hybridized carbons (Fsp3) is 0.118. The molecule has 10 nitrogen and oxygen atoms in total. The highest BCUT2D eigenvalue weighted by molar-refractivity contribution is 5.95. The zero-order valence-corrected chi connectivity index (χ0v) is 14.1. The monoisotopic (exact) mass is 370 g/mol. The SMILES string of the molecule is COC(=O)c1ccccc1NCc1cc([N+](=O)[O-])cc2[nH]c(=O)c(=O)[nH]c12. The van der Waals surface area contributed by atoms with E-state index in [0.717, 1.165) is 0 Å². The van der Waals surface area contributed by atoms with Crippen LogP contribution in [0.5, 0.6) is 0 Å². The summed E-state index contributed by atoms with van der Waals surface area (Å²) in [4.78, 5) is 50.3. The summed E-state index contributed by atoms with van der Waals surface area (Å²) in [6.45, 7) is 0.0498. The van der Waals surface area contributed by atoms with E-state index in [1.54, 1.807) is 24.3 Å². The molecule has 3 N–H and O–H groups in total. The Balaban J connectivity index is 2.06. The second-order valence-corrected chi connectivity index (χ2v) is 5.58. The van der Waals surface area contributed by atoms with Crippen LogP contribution >= 0.6 is 0 Å². The Morgan fingerprint density at radius 1 is 1.19 bits per heavy atom. The molecule has 1 aromatic heterocycles. The minimum atomic E-state index is -0.905. The van der Waals surface area contributed by atoms with E-state index in [9.17, 15) is 24.5 Å². The lowest BCUT2D eigenvalue weighted by Crippen LogP contribution is -2.29. The number of hydrogen-bond acceptors (Lipinski definition) is 7. The van der Waals surface area contributed by atoms with E-state index in [0.29, 0.717) is 11.3 Å². The van der Waals surface area contributed by atoms with E-state index in [-0.39, 0.29) is 28.8 Å². The molecule has 10 heteroatoms. The molecule has 0 aliphatic rings. The summed E-state index contributed by atoms with van der Waals surface area (Å²) < 4.78 is 4.72. The van der Waals surface area contributed by atoms with E-state index in [2.05, 4.69) is 15.3 Å². The summed E-state index contributed by atoms with van der Waals surface area (Å²) in [5, 5.41) is 14.2. The first kappa shape index (κ1) is 17.9. The number of methoxy groups -OCH3 is 1. The van der Waals surface area contributed by atoms with Crippen molar-refractivity contribution < 1.29 is 14.5 Å². The van der Waals surface area contributed by atoms with Crippen LogP contribution in [0.1, 0.15) is 15.9 Å². The summed E-state index contributed by atoms with van der Waals surface area (Å²) in [5.41, 5.74) is -0.520. The van der Waals surface area contributed by atoms with Gasteiger partial charge in [0.05, 0.1) is 28.6 Å². The second-order valence-electron chi connectivity index (χ2n) is 5.58. The van der Waals surface area contributed by atoms with Crippen LogP contribution in [0.25, 0.3) is 11.0 Å². The Kier molecular flexibility index (Phi) is 4.71. The third kappa shape index (κ3) is 3.54. The van der Waals surface area contributed by atoms with E-state index in [1.165, 1.54) is 19.2 Å². The van der Waals surface area contributed by atoms with Gasteiger partial charge in [0, 0.05) is 29.9 Å². The number of para-hydroxylation sites is 1. The molecule has 0 saturated carbocycles. The molecule has 0 radical (unpaired) electrons. The van der Waals surface area contributed by atoms with Crippen molar-refractivity contribution in [1.82, 2.24) is 9.97 Å². The van der Waals surface area contributed by atoms with Crippen molar-refractivity contribution in [1.29, 1.82) is 0 Å². The number of esters is 1. The highest BCUT2D eigenvalue weighted by atomic mass is 16.6. The number of non-ortho nitro benzene ring substituents is 1. The lowest BCUT2D eigenvalue weighted by Gasteiger charge is -2.12. The molecule has 3 rings (SSSR count). The first-order chi connectivity index (χ1) is 12.9. The van der Waals surface area contributed by atoms with Gasteiger partial charge in [-0.2, -0.15) is 0 Å². The molecule has 3 aromatic rings. The van der Waals surface area contributed by atoms with Crippen molar-refractivity contribution in [2.24, 2.45) is 0 Å². The molecule has 0 atom stereocenters. The Labute approximate surface area is 151 Å². The molecule has 0 unspecified atom stereocenters. The maximum absolute atomic E-state index is 11.8. The summed E-state index contributed by atoms with van der Waals surface area (Å²) in [5.74, 6) is -0.542. The third-order valence-corrected chi connectivity index (χ3v) is 3.91. The van der Waals surface area contributed by atoms with Gasteiger partial charge in [0.15, 0.2) is 0 Å². The smallest absolute Gasteiger partial charge is 0.339 e. The number of ether oxygens (including phenoxy) is 1. The predicted molar refractivity (Wildman–Crippen MR) is 97.0 cm³/mol.